The number of rotatable bonds is 8. The Labute approximate surface area is 118 Å². The normalized spacial score (nSPS) is 13.1. The third kappa shape index (κ3) is 6.14. The molecular weight excluding hydrogens is 282 g/mol. The van der Waals surface area contributed by atoms with Crippen molar-refractivity contribution in [3.8, 4) is 0 Å². The summed E-state index contributed by atoms with van der Waals surface area (Å²) in [5.74, 6) is -1.24. The van der Waals surface area contributed by atoms with E-state index in [2.05, 4.69) is 4.72 Å². The second kappa shape index (κ2) is 7.37. The zero-order valence-corrected chi connectivity index (χ0v) is 12.1. The van der Waals surface area contributed by atoms with Crippen molar-refractivity contribution in [1.82, 2.24) is 4.72 Å². The fourth-order valence-corrected chi connectivity index (χ4v) is 2.83. The minimum Gasteiger partial charge on any atom is -0.478 e. The number of sulfonamides is 1. The maximum absolute atomic E-state index is 11.8. The molecule has 0 bridgehead atoms. The highest BCUT2D eigenvalue weighted by Gasteiger charge is 2.11. The van der Waals surface area contributed by atoms with Crippen LogP contribution in [0.4, 0.5) is 0 Å². The summed E-state index contributed by atoms with van der Waals surface area (Å²) in [4.78, 5) is 10.7. The summed E-state index contributed by atoms with van der Waals surface area (Å²) >= 11 is 0. The molecule has 0 heterocycles. The van der Waals surface area contributed by atoms with Gasteiger partial charge < -0.3 is 10.2 Å². The Hall–Kier alpha value is -1.44. The molecule has 1 aromatic rings. The molecule has 0 radical (unpaired) electrons. The molecule has 0 spiro atoms. The van der Waals surface area contributed by atoms with Gasteiger partial charge in [-0.2, -0.15) is 0 Å². The Morgan fingerprint density at radius 1 is 1.30 bits per heavy atom. The van der Waals surface area contributed by atoms with Gasteiger partial charge in [0.15, 0.2) is 0 Å². The van der Waals surface area contributed by atoms with E-state index in [9.17, 15) is 13.2 Å². The zero-order chi connectivity index (χ0) is 15.2. The number of carbonyl (C=O) groups is 1. The number of aromatic carboxylic acids is 1. The Morgan fingerprint density at radius 3 is 2.40 bits per heavy atom. The van der Waals surface area contributed by atoms with Gasteiger partial charge in [0.1, 0.15) is 0 Å². The Balaban J connectivity index is 2.51. The van der Waals surface area contributed by atoms with Crippen molar-refractivity contribution in [2.24, 2.45) is 0 Å². The summed E-state index contributed by atoms with van der Waals surface area (Å²) in [6.07, 6.45) is 0.660. The van der Waals surface area contributed by atoms with Gasteiger partial charge in [-0.25, -0.2) is 17.9 Å². The van der Waals surface area contributed by atoms with Gasteiger partial charge in [-0.05, 0) is 37.5 Å². The second-order valence-corrected chi connectivity index (χ2v) is 6.45. The van der Waals surface area contributed by atoms with Crippen LogP contribution in [0.2, 0.25) is 0 Å². The summed E-state index contributed by atoms with van der Waals surface area (Å²) in [5.41, 5.74) is 0.647. The molecule has 0 aliphatic carbocycles. The van der Waals surface area contributed by atoms with Gasteiger partial charge in [-0.15, -0.1) is 0 Å². The molecule has 3 N–H and O–H groups in total. The van der Waals surface area contributed by atoms with E-state index in [1.54, 1.807) is 6.92 Å². The molecule has 6 nitrogen and oxygen atoms in total. The molecular formula is C13H19NO5S. The van der Waals surface area contributed by atoms with Crippen LogP contribution in [0.5, 0.6) is 0 Å². The SMILES string of the molecule is CC(O)CCCNS(=O)(=O)Cc1ccc(C(=O)O)cc1. The first-order valence-corrected chi connectivity index (χ1v) is 7.93. The second-order valence-electron chi connectivity index (χ2n) is 4.65. The molecule has 0 aromatic heterocycles. The van der Waals surface area contributed by atoms with Crippen molar-refractivity contribution < 1.29 is 23.4 Å². The minimum atomic E-state index is -3.44. The number of carboxylic acid groups (broad SMARTS) is 1. The molecule has 7 heteroatoms. The van der Waals surface area contributed by atoms with E-state index in [4.69, 9.17) is 10.2 Å². The van der Waals surface area contributed by atoms with Crippen molar-refractivity contribution in [3.63, 3.8) is 0 Å². The summed E-state index contributed by atoms with van der Waals surface area (Å²) < 4.78 is 26.0. The summed E-state index contributed by atoms with van der Waals surface area (Å²) in [7, 11) is -3.44. The summed E-state index contributed by atoms with van der Waals surface area (Å²) in [6.45, 7) is 1.93. The summed E-state index contributed by atoms with van der Waals surface area (Å²) in [6, 6.07) is 5.72. The highest BCUT2D eigenvalue weighted by molar-refractivity contribution is 7.88. The monoisotopic (exact) mass is 301 g/mol. The number of benzene rings is 1. The van der Waals surface area contributed by atoms with Gasteiger partial charge in [-0.1, -0.05) is 12.1 Å². The average molecular weight is 301 g/mol. The van der Waals surface area contributed by atoms with Crippen molar-refractivity contribution >= 4 is 16.0 Å². The van der Waals surface area contributed by atoms with E-state index in [-0.39, 0.29) is 17.9 Å². The minimum absolute atomic E-state index is 0.121. The first-order valence-electron chi connectivity index (χ1n) is 6.28. The molecule has 112 valence electrons. The predicted molar refractivity (Wildman–Crippen MR) is 74.9 cm³/mol. The van der Waals surface area contributed by atoms with Crippen LogP contribution in [0, 0.1) is 0 Å². The zero-order valence-electron chi connectivity index (χ0n) is 11.2. The van der Waals surface area contributed by atoms with E-state index >= 15 is 0 Å². The molecule has 0 aliphatic heterocycles. The predicted octanol–water partition coefficient (Wildman–Crippen LogP) is 0.965. The van der Waals surface area contributed by atoms with Crippen LogP contribution in [0.1, 0.15) is 35.7 Å². The Kier molecular flexibility index (Phi) is 6.12. The van der Waals surface area contributed by atoms with E-state index in [1.165, 1.54) is 24.3 Å². The first-order chi connectivity index (χ1) is 9.30. The van der Waals surface area contributed by atoms with Gasteiger partial charge in [0.05, 0.1) is 17.4 Å². The van der Waals surface area contributed by atoms with E-state index in [0.717, 1.165) is 0 Å². The maximum Gasteiger partial charge on any atom is 0.335 e. The fraction of sp³-hybridized carbons (Fsp3) is 0.462. The molecule has 1 rings (SSSR count). The molecule has 0 aliphatic rings. The molecule has 1 unspecified atom stereocenters. The van der Waals surface area contributed by atoms with Crippen molar-refractivity contribution in [1.29, 1.82) is 0 Å². The quantitative estimate of drug-likeness (QED) is 0.621. The fourth-order valence-electron chi connectivity index (χ4n) is 1.64. The topological polar surface area (TPSA) is 104 Å². The van der Waals surface area contributed by atoms with Gasteiger partial charge >= 0.3 is 5.97 Å². The Morgan fingerprint density at radius 2 is 1.90 bits per heavy atom. The molecule has 0 amide bonds. The van der Waals surface area contributed by atoms with Crippen LogP contribution in [0.25, 0.3) is 0 Å². The van der Waals surface area contributed by atoms with E-state index in [1.807, 2.05) is 0 Å². The van der Waals surface area contributed by atoms with Crippen molar-refractivity contribution in [2.75, 3.05) is 6.54 Å². The maximum atomic E-state index is 11.8. The molecule has 0 fully saturated rings. The van der Waals surface area contributed by atoms with Crippen molar-refractivity contribution in [2.45, 2.75) is 31.6 Å². The highest BCUT2D eigenvalue weighted by atomic mass is 32.2. The lowest BCUT2D eigenvalue weighted by atomic mass is 10.1. The standard InChI is InChI=1S/C13H19NO5S/c1-10(15)3-2-8-14-20(18,19)9-11-4-6-12(7-5-11)13(16)17/h4-7,10,14-15H,2-3,8-9H2,1H3,(H,16,17). The van der Waals surface area contributed by atoms with Gasteiger partial charge in [-0.3, -0.25) is 0 Å². The van der Waals surface area contributed by atoms with Crippen LogP contribution in [0.3, 0.4) is 0 Å². The molecule has 20 heavy (non-hydrogen) atoms. The third-order valence-electron chi connectivity index (χ3n) is 2.68. The molecule has 1 atom stereocenters. The lowest BCUT2D eigenvalue weighted by molar-refractivity contribution is 0.0697. The van der Waals surface area contributed by atoms with Crippen LogP contribution in [-0.2, 0) is 15.8 Å². The van der Waals surface area contributed by atoms with Gasteiger partial charge in [0.25, 0.3) is 0 Å². The van der Waals surface area contributed by atoms with E-state index < -0.39 is 22.1 Å². The molecule has 0 saturated heterocycles. The number of nitrogens with one attached hydrogen (secondary N) is 1. The van der Waals surface area contributed by atoms with Crippen LogP contribution < -0.4 is 4.72 Å². The number of carboxylic acids is 1. The van der Waals surface area contributed by atoms with Gasteiger partial charge in [0.2, 0.25) is 10.0 Å². The lowest BCUT2D eigenvalue weighted by Crippen LogP contribution is -2.26. The summed E-state index contributed by atoms with van der Waals surface area (Å²) in [5, 5.41) is 17.8. The lowest BCUT2D eigenvalue weighted by Gasteiger charge is -2.08. The van der Waals surface area contributed by atoms with Gasteiger partial charge in [0, 0.05) is 6.54 Å². The largest absolute Gasteiger partial charge is 0.478 e. The Bertz CT molecular complexity index is 536. The number of aliphatic hydroxyl groups is 1. The first kappa shape index (κ1) is 16.6. The molecule has 0 saturated carbocycles. The van der Waals surface area contributed by atoms with Crippen LogP contribution >= 0.6 is 0 Å². The van der Waals surface area contributed by atoms with Crippen molar-refractivity contribution in [3.05, 3.63) is 35.4 Å². The number of aliphatic hydroxyl groups excluding tert-OH is 1. The molecule has 1 aromatic carbocycles. The third-order valence-corrected chi connectivity index (χ3v) is 4.04. The van der Waals surface area contributed by atoms with Crippen LogP contribution in [0.15, 0.2) is 24.3 Å². The number of hydrogen-bond acceptors (Lipinski definition) is 4. The average Bonchev–Trinajstić information content (AvgIpc) is 2.34. The van der Waals surface area contributed by atoms with Crippen LogP contribution in [-0.4, -0.2) is 37.2 Å². The smallest absolute Gasteiger partial charge is 0.335 e. The van der Waals surface area contributed by atoms with E-state index in [0.29, 0.717) is 18.4 Å². The number of hydrogen-bond donors (Lipinski definition) is 3. The highest BCUT2D eigenvalue weighted by Crippen LogP contribution is 2.08.